The number of pyridine rings is 1. The van der Waals surface area contributed by atoms with Gasteiger partial charge < -0.3 is 4.98 Å². The third-order valence-corrected chi connectivity index (χ3v) is 4.27. The molecule has 5 heteroatoms. The van der Waals surface area contributed by atoms with Crippen LogP contribution in [0.1, 0.15) is 5.56 Å². The zero-order valence-corrected chi connectivity index (χ0v) is 11.7. The van der Waals surface area contributed by atoms with Gasteiger partial charge in [-0.1, -0.05) is 30.3 Å². The molecule has 0 amide bonds. The highest BCUT2D eigenvalue weighted by molar-refractivity contribution is 7.98. The molecule has 1 heterocycles. The Hall–Kier alpha value is -2.14. The van der Waals surface area contributed by atoms with E-state index in [1.807, 2.05) is 30.3 Å². The third kappa shape index (κ3) is 2.83. The first kappa shape index (κ1) is 13.8. The molecule has 21 heavy (non-hydrogen) atoms. The minimum absolute atomic E-state index is 0.213. The number of rotatable bonds is 3. The highest BCUT2D eigenvalue weighted by Crippen LogP contribution is 2.33. The molecule has 3 rings (SSSR count). The minimum Gasteiger partial charge on any atom is -0.322 e. The van der Waals surface area contributed by atoms with E-state index in [9.17, 15) is 13.6 Å². The summed E-state index contributed by atoms with van der Waals surface area (Å²) in [6, 6.07) is 13.4. The zero-order chi connectivity index (χ0) is 14.8. The van der Waals surface area contributed by atoms with Crippen molar-refractivity contribution in [3.05, 3.63) is 76.1 Å². The lowest BCUT2D eigenvalue weighted by atomic mass is 10.2. The smallest absolute Gasteiger partial charge is 0.248 e. The van der Waals surface area contributed by atoms with Crippen molar-refractivity contribution in [2.24, 2.45) is 0 Å². The summed E-state index contributed by atoms with van der Waals surface area (Å²) < 4.78 is 27.7. The second-order valence-corrected chi connectivity index (χ2v) is 5.55. The molecule has 1 N–H and O–H groups in total. The van der Waals surface area contributed by atoms with Gasteiger partial charge in [0.05, 0.1) is 10.4 Å². The molecule has 0 saturated heterocycles. The molecule has 0 unspecified atom stereocenters. The van der Waals surface area contributed by atoms with E-state index in [-0.39, 0.29) is 10.5 Å². The number of nitrogens with one attached hydrogen (secondary N) is 1. The van der Waals surface area contributed by atoms with Gasteiger partial charge in [-0.05, 0) is 11.6 Å². The molecular formula is C16H11F2NOS. The number of H-pyrrole nitrogens is 1. The Morgan fingerprint density at radius 3 is 2.57 bits per heavy atom. The number of aromatic nitrogens is 1. The van der Waals surface area contributed by atoms with Gasteiger partial charge in [0, 0.05) is 23.3 Å². The highest BCUT2D eigenvalue weighted by atomic mass is 32.2. The van der Waals surface area contributed by atoms with Crippen molar-refractivity contribution >= 4 is 22.7 Å². The van der Waals surface area contributed by atoms with Crippen molar-refractivity contribution in [1.82, 2.24) is 4.98 Å². The van der Waals surface area contributed by atoms with Crippen LogP contribution in [0.3, 0.4) is 0 Å². The summed E-state index contributed by atoms with van der Waals surface area (Å²) in [5, 5.41) is 0.509. The van der Waals surface area contributed by atoms with Crippen LogP contribution in [-0.2, 0) is 5.75 Å². The van der Waals surface area contributed by atoms with E-state index >= 15 is 0 Å². The molecule has 0 aliphatic rings. The fourth-order valence-corrected chi connectivity index (χ4v) is 3.15. The molecule has 0 spiro atoms. The van der Waals surface area contributed by atoms with Crippen LogP contribution in [0.15, 0.2) is 58.2 Å². The fourth-order valence-electron chi connectivity index (χ4n) is 2.09. The first-order chi connectivity index (χ1) is 10.1. The SMILES string of the molecule is O=c1ccc2c(SCc3ccccc3)c(F)c(F)cc2[nH]1. The van der Waals surface area contributed by atoms with Crippen molar-refractivity contribution < 1.29 is 8.78 Å². The van der Waals surface area contributed by atoms with E-state index in [2.05, 4.69) is 4.98 Å². The van der Waals surface area contributed by atoms with Crippen molar-refractivity contribution in [3.8, 4) is 0 Å². The lowest BCUT2D eigenvalue weighted by Gasteiger charge is -2.08. The number of hydrogen-bond acceptors (Lipinski definition) is 2. The van der Waals surface area contributed by atoms with Gasteiger partial charge in [0.2, 0.25) is 5.56 Å². The van der Waals surface area contributed by atoms with Crippen molar-refractivity contribution in [2.75, 3.05) is 0 Å². The summed E-state index contributed by atoms with van der Waals surface area (Å²) in [5.41, 5.74) is 0.980. The van der Waals surface area contributed by atoms with Crippen molar-refractivity contribution in [3.63, 3.8) is 0 Å². The molecule has 0 saturated carbocycles. The van der Waals surface area contributed by atoms with Crippen LogP contribution in [0.5, 0.6) is 0 Å². The molecule has 0 aliphatic heterocycles. The van der Waals surface area contributed by atoms with E-state index in [1.165, 1.54) is 23.9 Å². The van der Waals surface area contributed by atoms with Crippen LogP contribution in [0.25, 0.3) is 10.9 Å². The second-order valence-electron chi connectivity index (χ2n) is 4.56. The van der Waals surface area contributed by atoms with E-state index < -0.39 is 11.6 Å². The fraction of sp³-hybridized carbons (Fsp3) is 0.0625. The standard InChI is InChI=1S/C16H11F2NOS/c17-12-8-13-11(6-7-14(20)19-13)16(15(12)18)21-9-10-4-2-1-3-5-10/h1-8H,9H2,(H,19,20). The average Bonchev–Trinajstić information content (AvgIpc) is 2.49. The van der Waals surface area contributed by atoms with Crippen molar-refractivity contribution in [2.45, 2.75) is 10.6 Å². The van der Waals surface area contributed by atoms with Crippen LogP contribution < -0.4 is 5.56 Å². The van der Waals surface area contributed by atoms with Gasteiger partial charge in [-0.25, -0.2) is 8.78 Å². The Balaban J connectivity index is 2.04. The summed E-state index contributed by atoms with van der Waals surface area (Å²) in [7, 11) is 0. The van der Waals surface area contributed by atoms with Gasteiger partial charge in [-0.15, -0.1) is 11.8 Å². The maximum atomic E-state index is 14.0. The minimum atomic E-state index is -0.958. The molecule has 0 bridgehead atoms. The summed E-state index contributed by atoms with van der Waals surface area (Å²) >= 11 is 1.21. The summed E-state index contributed by atoms with van der Waals surface area (Å²) in [6.45, 7) is 0. The predicted octanol–water partition coefficient (Wildman–Crippen LogP) is 4.10. The van der Waals surface area contributed by atoms with Gasteiger partial charge in [0.1, 0.15) is 0 Å². The molecule has 3 aromatic rings. The van der Waals surface area contributed by atoms with Crippen LogP contribution >= 0.6 is 11.8 Å². The maximum Gasteiger partial charge on any atom is 0.248 e. The summed E-state index contributed by atoms with van der Waals surface area (Å²) in [5.74, 6) is -1.31. The number of hydrogen-bond donors (Lipinski definition) is 1. The second kappa shape index (κ2) is 5.69. The monoisotopic (exact) mass is 303 g/mol. The van der Waals surface area contributed by atoms with Gasteiger partial charge in [-0.2, -0.15) is 0 Å². The Kier molecular flexibility index (Phi) is 3.75. The number of benzene rings is 2. The lowest BCUT2D eigenvalue weighted by Crippen LogP contribution is -2.04. The van der Waals surface area contributed by atoms with E-state index in [1.54, 1.807) is 0 Å². The van der Waals surface area contributed by atoms with Crippen LogP contribution in [0.4, 0.5) is 8.78 Å². The number of thioether (sulfide) groups is 1. The molecule has 2 nitrogen and oxygen atoms in total. The van der Waals surface area contributed by atoms with Gasteiger partial charge in [0.25, 0.3) is 0 Å². The average molecular weight is 303 g/mol. The topological polar surface area (TPSA) is 32.9 Å². The Morgan fingerprint density at radius 1 is 1.05 bits per heavy atom. The first-order valence-corrected chi connectivity index (χ1v) is 7.31. The predicted molar refractivity (Wildman–Crippen MR) is 80.5 cm³/mol. The van der Waals surface area contributed by atoms with Gasteiger partial charge >= 0.3 is 0 Å². The molecule has 0 atom stereocenters. The highest BCUT2D eigenvalue weighted by Gasteiger charge is 2.14. The summed E-state index contributed by atoms with van der Waals surface area (Å²) in [6.07, 6.45) is 0. The molecule has 106 valence electrons. The van der Waals surface area contributed by atoms with Crippen LogP contribution in [-0.4, -0.2) is 4.98 Å². The largest absolute Gasteiger partial charge is 0.322 e. The van der Waals surface area contributed by atoms with E-state index in [0.29, 0.717) is 16.7 Å². The quantitative estimate of drug-likeness (QED) is 0.739. The Morgan fingerprint density at radius 2 is 1.81 bits per heavy atom. The van der Waals surface area contributed by atoms with Gasteiger partial charge in [0.15, 0.2) is 11.6 Å². The summed E-state index contributed by atoms with van der Waals surface area (Å²) in [4.78, 5) is 14.0. The number of aromatic amines is 1. The normalized spacial score (nSPS) is 11.0. The number of halogens is 2. The molecule has 0 aliphatic carbocycles. The van der Waals surface area contributed by atoms with E-state index in [0.717, 1.165) is 11.6 Å². The molecule has 2 aromatic carbocycles. The van der Waals surface area contributed by atoms with Crippen LogP contribution in [0.2, 0.25) is 0 Å². The van der Waals surface area contributed by atoms with Crippen molar-refractivity contribution in [1.29, 1.82) is 0 Å². The zero-order valence-electron chi connectivity index (χ0n) is 10.9. The Bertz CT molecular complexity index is 846. The first-order valence-electron chi connectivity index (χ1n) is 6.33. The maximum absolute atomic E-state index is 14.0. The molecular weight excluding hydrogens is 292 g/mol. The molecule has 1 aromatic heterocycles. The third-order valence-electron chi connectivity index (χ3n) is 3.10. The number of fused-ring (bicyclic) bond motifs is 1. The Labute approximate surface area is 123 Å². The lowest BCUT2D eigenvalue weighted by molar-refractivity contribution is 0.495. The molecule has 0 fully saturated rings. The van der Waals surface area contributed by atoms with E-state index in [4.69, 9.17) is 0 Å². The van der Waals surface area contributed by atoms with Crippen LogP contribution in [0, 0.1) is 11.6 Å². The van der Waals surface area contributed by atoms with Gasteiger partial charge in [-0.3, -0.25) is 4.79 Å². The molecule has 0 radical (unpaired) electrons.